The monoisotopic (exact) mass is 257 g/mol. The van der Waals surface area contributed by atoms with Gasteiger partial charge in [0.15, 0.2) is 0 Å². The Morgan fingerprint density at radius 3 is 2.53 bits per heavy atom. The van der Waals surface area contributed by atoms with Crippen molar-refractivity contribution < 1.29 is 19.8 Å². The lowest BCUT2D eigenvalue weighted by atomic mass is 10.2. The van der Waals surface area contributed by atoms with Crippen molar-refractivity contribution in [1.82, 2.24) is 5.32 Å². The van der Waals surface area contributed by atoms with E-state index in [4.69, 9.17) is 10.2 Å². The Bertz CT molecular complexity index is 427. The molecule has 0 saturated carbocycles. The van der Waals surface area contributed by atoms with Crippen LogP contribution in [0.25, 0.3) is 0 Å². The van der Waals surface area contributed by atoms with Crippen LogP contribution < -0.4 is 5.32 Å². The molecule has 0 aliphatic rings. The SMILES string of the molecule is Cc1cc(C(=O)NC(CCO)C(=O)O)c(C)s1. The van der Waals surface area contributed by atoms with Gasteiger partial charge in [-0.3, -0.25) is 4.79 Å². The molecule has 6 heteroatoms. The maximum absolute atomic E-state index is 11.8. The minimum absolute atomic E-state index is 0.00321. The number of carboxylic acids is 1. The zero-order valence-electron chi connectivity index (χ0n) is 9.69. The average molecular weight is 257 g/mol. The Morgan fingerprint density at radius 1 is 1.47 bits per heavy atom. The third-order valence-electron chi connectivity index (χ3n) is 2.31. The second-order valence-corrected chi connectivity index (χ2v) is 5.16. The van der Waals surface area contributed by atoms with Crippen molar-refractivity contribution in [1.29, 1.82) is 0 Å². The largest absolute Gasteiger partial charge is 0.480 e. The second kappa shape index (κ2) is 5.79. The smallest absolute Gasteiger partial charge is 0.326 e. The van der Waals surface area contributed by atoms with Crippen LogP contribution in [0.4, 0.5) is 0 Å². The minimum atomic E-state index is -1.14. The highest BCUT2D eigenvalue weighted by molar-refractivity contribution is 7.12. The minimum Gasteiger partial charge on any atom is -0.480 e. The lowest BCUT2D eigenvalue weighted by Crippen LogP contribution is -2.41. The van der Waals surface area contributed by atoms with Gasteiger partial charge in [-0.25, -0.2) is 4.79 Å². The van der Waals surface area contributed by atoms with E-state index in [1.807, 2.05) is 13.8 Å². The number of hydrogen-bond donors (Lipinski definition) is 3. The number of nitrogens with one attached hydrogen (secondary N) is 1. The molecule has 5 nitrogen and oxygen atoms in total. The molecule has 3 N–H and O–H groups in total. The molecule has 1 amide bonds. The van der Waals surface area contributed by atoms with Crippen LogP contribution in [0.1, 0.15) is 26.5 Å². The van der Waals surface area contributed by atoms with Crippen molar-refractivity contribution in [3.8, 4) is 0 Å². The van der Waals surface area contributed by atoms with Crippen molar-refractivity contribution in [2.24, 2.45) is 0 Å². The zero-order chi connectivity index (χ0) is 13.0. The highest BCUT2D eigenvalue weighted by atomic mass is 32.1. The summed E-state index contributed by atoms with van der Waals surface area (Å²) in [6.07, 6.45) is 0.00321. The number of carboxylic acid groups (broad SMARTS) is 1. The van der Waals surface area contributed by atoms with E-state index in [-0.39, 0.29) is 13.0 Å². The first-order valence-corrected chi connectivity index (χ1v) is 5.99. The molecule has 0 radical (unpaired) electrons. The number of aryl methyl sites for hydroxylation is 2. The summed E-state index contributed by atoms with van der Waals surface area (Å²) < 4.78 is 0. The Labute approximate surface area is 103 Å². The van der Waals surface area contributed by atoms with E-state index >= 15 is 0 Å². The van der Waals surface area contributed by atoms with E-state index in [2.05, 4.69) is 5.32 Å². The fourth-order valence-electron chi connectivity index (χ4n) is 1.48. The predicted octanol–water partition coefficient (Wildman–Crippen LogP) is 0.930. The molecule has 17 heavy (non-hydrogen) atoms. The number of hydrogen-bond acceptors (Lipinski definition) is 4. The first-order valence-electron chi connectivity index (χ1n) is 5.17. The van der Waals surface area contributed by atoms with Crippen LogP contribution in [0.5, 0.6) is 0 Å². The van der Waals surface area contributed by atoms with E-state index in [1.165, 1.54) is 11.3 Å². The van der Waals surface area contributed by atoms with Crippen molar-refractivity contribution in [3.63, 3.8) is 0 Å². The van der Waals surface area contributed by atoms with Crippen LogP contribution in [0.3, 0.4) is 0 Å². The van der Waals surface area contributed by atoms with E-state index in [0.717, 1.165) is 9.75 Å². The van der Waals surface area contributed by atoms with Gasteiger partial charge >= 0.3 is 5.97 Å². The molecule has 0 aromatic carbocycles. The summed E-state index contributed by atoms with van der Waals surface area (Å²) in [4.78, 5) is 24.5. The quantitative estimate of drug-likeness (QED) is 0.732. The van der Waals surface area contributed by atoms with Gasteiger partial charge in [-0.15, -0.1) is 11.3 Å². The molecule has 0 spiro atoms. The summed E-state index contributed by atoms with van der Waals surface area (Å²) >= 11 is 1.49. The third-order valence-corrected chi connectivity index (χ3v) is 3.27. The topological polar surface area (TPSA) is 86.6 Å². The molecule has 0 aliphatic carbocycles. The number of aliphatic carboxylic acids is 1. The van der Waals surface area contributed by atoms with Gasteiger partial charge in [-0.05, 0) is 19.9 Å². The predicted molar refractivity (Wildman–Crippen MR) is 64.4 cm³/mol. The Morgan fingerprint density at radius 2 is 2.12 bits per heavy atom. The average Bonchev–Trinajstić information content (AvgIpc) is 2.57. The summed E-state index contributed by atoms with van der Waals surface area (Å²) in [5, 5.41) is 20.0. The van der Waals surface area contributed by atoms with Crippen LogP contribution in [0.15, 0.2) is 6.07 Å². The number of aliphatic hydroxyl groups is 1. The highest BCUT2D eigenvalue weighted by Crippen LogP contribution is 2.20. The van der Waals surface area contributed by atoms with Crippen LogP contribution >= 0.6 is 11.3 Å². The number of amides is 1. The molecule has 94 valence electrons. The number of carbonyl (C=O) groups excluding carboxylic acids is 1. The van der Waals surface area contributed by atoms with Crippen LogP contribution in [0.2, 0.25) is 0 Å². The van der Waals surface area contributed by atoms with Gasteiger partial charge in [0.05, 0.1) is 5.56 Å². The van der Waals surface area contributed by atoms with Gasteiger partial charge in [0.1, 0.15) is 6.04 Å². The molecular formula is C11H15NO4S. The molecular weight excluding hydrogens is 242 g/mol. The Hall–Kier alpha value is -1.40. The molecule has 1 atom stereocenters. The van der Waals surface area contributed by atoms with E-state index in [0.29, 0.717) is 5.56 Å². The van der Waals surface area contributed by atoms with Crippen molar-refractivity contribution in [3.05, 3.63) is 21.4 Å². The van der Waals surface area contributed by atoms with Crippen molar-refractivity contribution in [2.45, 2.75) is 26.3 Å². The van der Waals surface area contributed by atoms with Crippen LogP contribution in [-0.2, 0) is 4.79 Å². The molecule has 1 unspecified atom stereocenters. The standard InChI is InChI=1S/C11H15NO4S/c1-6-5-8(7(2)17-6)10(14)12-9(3-4-13)11(15)16/h5,9,13H,3-4H2,1-2H3,(H,12,14)(H,15,16). The molecule has 0 saturated heterocycles. The maximum Gasteiger partial charge on any atom is 0.326 e. The van der Waals surface area contributed by atoms with Gasteiger partial charge in [0.2, 0.25) is 0 Å². The van der Waals surface area contributed by atoms with Crippen molar-refractivity contribution >= 4 is 23.2 Å². The molecule has 1 rings (SSSR count). The molecule has 1 aromatic heterocycles. The fourth-order valence-corrected chi connectivity index (χ4v) is 2.40. The number of rotatable bonds is 5. The molecule has 0 fully saturated rings. The fraction of sp³-hybridized carbons (Fsp3) is 0.455. The van der Waals surface area contributed by atoms with Crippen LogP contribution in [-0.4, -0.2) is 34.7 Å². The first kappa shape index (κ1) is 13.7. The van der Waals surface area contributed by atoms with Crippen LogP contribution in [0, 0.1) is 13.8 Å². The summed E-state index contributed by atoms with van der Waals surface area (Å²) in [6.45, 7) is 3.42. The third kappa shape index (κ3) is 3.54. The number of aliphatic hydroxyl groups excluding tert-OH is 1. The molecule has 0 aliphatic heterocycles. The summed E-state index contributed by atoms with van der Waals surface area (Å²) in [5.74, 6) is -1.55. The van der Waals surface area contributed by atoms with E-state index in [9.17, 15) is 9.59 Å². The highest BCUT2D eigenvalue weighted by Gasteiger charge is 2.21. The van der Waals surface area contributed by atoms with Crippen molar-refractivity contribution in [2.75, 3.05) is 6.61 Å². The van der Waals surface area contributed by atoms with E-state index in [1.54, 1.807) is 6.07 Å². The summed E-state index contributed by atoms with van der Waals surface area (Å²) in [7, 11) is 0. The molecule has 1 heterocycles. The van der Waals surface area contributed by atoms with Gasteiger partial charge in [-0.2, -0.15) is 0 Å². The lowest BCUT2D eigenvalue weighted by molar-refractivity contribution is -0.139. The number of carbonyl (C=O) groups is 2. The van der Waals surface area contributed by atoms with Gasteiger partial charge < -0.3 is 15.5 Å². The maximum atomic E-state index is 11.8. The number of thiophene rings is 1. The van der Waals surface area contributed by atoms with Gasteiger partial charge in [0, 0.05) is 22.8 Å². The molecule has 1 aromatic rings. The second-order valence-electron chi connectivity index (χ2n) is 3.70. The normalized spacial score (nSPS) is 12.2. The van der Waals surface area contributed by atoms with E-state index < -0.39 is 17.9 Å². The summed E-state index contributed by atoms with van der Waals surface area (Å²) in [5.41, 5.74) is 0.497. The lowest BCUT2D eigenvalue weighted by Gasteiger charge is -2.12. The zero-order valence-corrected chi connectivity index (χ0v) is 10.5. The Kier molecular flexibility index (Phi) is 4.65. The van der Waals surface area contributed by atoms with Gasteiger partial charge in [0.25, 0.3) is 5.91 Å². The molecule has 0 bridgehead atoms. The first-order chi connectivity index (χ1) is 7.95. The van der Waals surface area contributed by atoms with Gasteiger partial charge in [-0.1, -0.05) is 0 Å². The summed E-state index contributed by atoms with van der Waals surface area (Å²) in [6, 6.07) is 0.680. The Balaban J connectivity index is 2.77.